The minimum Gasteiger partial charge on any atom is -0.467 e. The number of amides is 1. The lowest BCUT2D eigenvalue weighted by Gasteiger charge is -2.22. The Kier molecular flexibility index (Phi) is 6.48. The van der Waals surface area contributed by atoms with E-state index in [1.165, 1.54) is 19.1 Å². The predicted octanol–water partition coefficient (Wildman–Crippen LogP) is 0.715. The Bertz CT molecular complexity index is 714. The average molecular weight is 361 g/mol. The number of carbonyl (C=O) groups excluding carboxylic acids is 4. The highest BCUT2D eigenvalue weighted by atomic mass is 16.5. The molecule has 0 bridgehead atoms. The molecule has 0 saturated carbocycles. The van der Waals surface area contributed by atoms with Crippen molar-refractivity contribution in [3.8, 4) is 0 Å². The van der Waals surface area contributed by atoms with Crippen molar-refractivity contribution < 1.29 is 33.4 Å². The highest BCUT2D eigenvalue weighted by Gasteiger charge is 2.42. The van der Waals surface area contributed by atoms with Crippen LogP contribution in [0, 0.1) is 0 Å². The second kappa shape index (κ2) is 8.80. The maximum atomic E-state index is 12.7. The molecule has 138 valence electrons. The van der Waals surface area contributed by atoms with E-state index in [0.717, 1.165) is 12.2 Å². The molecule has 0 unspecified atom stereocenters. The second-order valence-electron chi connectivity index (χ2n) is 5.51. The fourth-order valence-corrected chi connectivity index (χ4v) is 2.62. The van der Waals surface area contributed by atoms with Crippen LogP contribution >= 0.6 is 0 Å². The van der Waals surface area contributed by atoms with Crippen molar-refractivity contribution in [2.75, 3.05) is 20.8 Å². The summed E-state index contributed by atoms with van der Waals surface area (Å²) in [6.07, 6.45) is 1.28. The second-order valence-corrected chi connectivity index (χ2v) is 5.51. The molecule has 0 spiro atoms. The van der Waals surface area contributed by atoms with E-state index in [9.17, 15) is 19.2 Å². The summed E-state index contributed by atoms with van der Waals surface area (Å²) in [7, 11) is 2.41. The topological polar surface area (TPSA) is 99.2 Å². The molecule has 1 aliphatic rings. The number of rotatable bonds is 5. The first kappa shape index (κ1) is 19.2. The number of benzene rings is 1. The quantitative estimate of drug-likeness (QED) is 0.433. The van der Waals surface area contributed by atoms with E-state index >= 15 is 0 Å². The van der Waals surface area contributed by atoms with Gasteiger partial charge in [-0.2, -0.15) is 0 Å². The van der Waals surface area contributed by atoms with Crippen LogP contribution in [0.2, 0.25) is 0 Å². The van der Waals surface area contributed by atoms with E-state index in [1.54, 1.807) is 30.3 Å². The number of hydrogen-bond acceptors (Lipinski definition) is 7. The summed E-state index contributed by atoms with van der Waals surface area (Å²) in [5.74, 6) is -2.40. The number of ether oxygens (including phenoxy) is 3. The van der Waals surface area contributed by atoms with Crippen LogP contribution in [0.15, 0.2) is 42.5 Å². The van der Waals surface area contributed by atoms with Crippen molar-refractivity contribution in [1.29, 1.82) is 0 Å². The Morgan fingerprint density at radius 3 is 2.27 bits per heavy atom. The molecule has 26 heavy (non-hydrogen) atoms. The van der Waals surface area contributed by atoms with E-state index in [2.05, 4.69) is 4.74 Å². The van der Waals surface area contributed by atoms with Gasteiger partial charge in [0.05, 0.1) is 20.8 Å². The van der Waals surface area contributed by atoms with Gasteiger partial charge < -0.3 is 19.1 Å². The molecule has 0 radical (unpaired) electrons. The fourth-order valence-electron chi connectivity index (χ4n) is 2.62. The number of carbonyl (C=O) groups is 4. The molecule has 2 atom stereocenters. The molecule has 0 aliphatic carbocycles. The molecule has 1 aromatic carbocycles. The lowest BCUT2D eigenvalue weighted by atomic mass is 10.1. The normalized spacial score (nSPS) is 19.2. The molecular weight excluding hydrogens is 342 g/mol. The van der Waals surface area contributed by atoms with Gasteiger partial charge in [0.25, 0.3) is 5.91 Å². The summed E-state index contributed by atoms with van der Waals surface area (Å²) >= 11 is 0. The Morgan fingerprint density at radius 1 is 1.00 bits per heavy atom. The van der Waals surface area contributed by atoms with Gasteiger partial charge in [0, 0.05) is 24.1 Å². The lowest BCUT2D eigenvalue weighted by molar-refractivity contribution is -0.146. The van der Waals surface area contributed by atoms with E-state index < -0.39 is 30.1 Å². The third-order valence-corrected chi connectivity index (χ3v) is 3.86. The summed E-state index contributed by atoms with van der Waals surface area (Å²) in [5.41, 5.74) is 0.416. The van der Waals surface area contributed by atoms with Crippen molar-refractivity contribution in [3.63, 3.8) is 0 Å². The molecule has 0 aromatic heterocycles. The number of nitrogens with zero attached hydrogens (tertiary/aromatic N) is 1. The van der Waals surface area contributed by atoms with Gasteiger partial charge >= 0.3 is 17.9 Å². The largest absolute Gasteiger partial charge is 0.467 e. The summed E-state index contributed by atoms with van der Waals surface area (Å²) in [6.45, 7) is 0.0469. The summed E-state index contributed by atoms with van der Waals surface area (Å²) in [5, 5.41) is 0. The smallest absolute Gasteiger partial charge is 0.331 e. The van der Waals surface area contributed by atoms with Crippen LogP contribution in [0.1, 0.15) is 16.8 Å². The van der Waals surface area contributed by atoms with Crippen molar-refractivity contribution in [2.45, 2.75) is 18.6 Å². The van der Waals surface area contributed by atoms with Crippen molar-refractivity contribution in [3.05, 3.63) is 48.0 Å². The number of esters is 3. The van der Waals surface area contributed by atoms with Crippen molar-refractivity contribution in [2.24, 2.45) is 0 Å². The van der Waals surface area contributed by atoms with Crippen LogP contribution in [0.25, 0.3) is 0 Å². The van der Waals surface area contributed by atoms with E-state index in [-0.39, 0.29) is 18.9 Å². The monoisotopic (exact) mass is 361 g/mol. The third-order valence-electron chi connectivity index (χ3n) is 3.86. The number of hydrogen-bond donors (Lipinski definition) is 0. The van der Waals surface area contributed by atoms with Crippen LogP contribution in [0.3, 0.4) is 0 Å². The first-order valence-electron chi connectivity index (χ1n) is 7.86. The molecule has 1 amide bonds. The minimum atomic E-state index is -0.852. The van der Waals surface area contributed by atoms with Gasteiger partial charge in [0.1, 0.15) is 12.1 Å². The summed E-state index contributed by atoms with van der Waals surface area (Å²) in [4.78, 5) is 48.8. The van der Waals surface area contributed by atoms with E-state index in [0.29, 0.717) is 5.56 Å². The molecule has 8 nitrogen and oxygen atoms in total. The van der Waals surface area contributed by atoms with Gasteiger partial charge in [0.2, 0.25) is 0 Å². The van der Waals surface area contributed by atoms with Crippen LogP contribution in [0.4, 0.5) is 0 Å². The van der Waals surface area contributed by atoms with Gasteiger partial charge in [-0.15, -0.1) is 0 Å². The first-order valence-corrected chi connectivity index (χ1v) is 7.86. The lowest BCUT2D eigenvalue weighted by Crippen LogP contribution is -2.41. The maximum absolute atomic E-state index is 12.7. The van der Waals surface area contributed by atoms with Gasteiger partial charge in [-0.05, 0) is 12.1 Å². The average Bonchev–Trinajstić information content (AvgIpc) is 3.09. The van der Waals surface area contributed by atoms with Crippen LogP contribution in [-0.4, -0.2) is 61.6 Å². The van der Waals surface area contributed by atoms with Crippen LogP contribution < -0.4 is 0 Å². The molecule has 8 heteroatoms. The van der Waals surface area contributed by atoms with Crippen LogP contribution in [0.5, 0.6) is 0 Å². The molecule has 1 aromatic rings. The molecule has 1 saturated heterocycles. The zero-order chi connectivity index (χ0) is 19.1. The van der Waals surface area contributed by atoms with Crippen molar-refractivity contribution in [1.82, 2.24) is 4.90 Å². The minimum absolute atomic E-state index is 0.0469. The molecular formula is C18H19NO7. The maximum Gasteiger partial charge on any atom is 0.331 e. The highest BCUT2D eigenvalue weighted by Crippen LogP contribution is 2.24. The van der Waals surface area contributed by atoms with Gasteiger partial charge in [0.15, 0.2) is 0 Å². The fraction of sp³-hybridized carbons (Fsp3) is 0.333. The Morgan fingerprint density at radius 2 is 1.65 bits per heavy atom. The summed E-state index contributed by atoms with van der Waals surface area (Å²) < 4.78 is 14.3. The van der Waals surface area contributed by atoms with Crippen molar-refractivity contribution >= 4 is 23.8 Å². The van der Waals surface area contributed by atoms with Crippen LogP contribution in [-0.2, 0) is 28.6 Å². The molecule has 1 heterocycles. The predicted molar refractivity (Wildman–Crippen MR) is 88.9 cm³/mol. The van der Waals surface area contributed by atoms with E-state index in [4.69, 9.17) is 9.47 Å². The Labute approximate surface area is 150 Å². The standard InChI is InChI=1S/C18H19NO7/c1-24-15(20)8-9-16(21)26-13-10-14(18(23)25-2)19(11-13)17(22)12-6-4-3-5-7-12/h3-9,13-14H,10-11H2,1-2H3/b9-8+/t13-,14+/m1/s1. The highest BCUT2D eigenvalue weighted by molar-refractivity contribution is 5.97. The van der Waals surface area contributed by atoms with E-state index in [1.807, 2.05) is 0 Å². The Hall–Kier alpha value is -3.16. The first-order chi connectivity index (χ1) is 12.5. The van der Waals surface area contributed by atoms with Gasteiger partial charge in [-0.25, -0.2) is 14.4 Å². The molecule has 1 fully saturated rings. The SMILES string of the molecule is COC(=O)/C=C/C(=O)O[C@@H]1C[C@@H](C(=O)OC)N(C(=O)c2ccccc2)C1. The zero-order valence-electron chi connectivity index (χ0n) is 14.4. The molecule has 2 rings (SSSR count). The van der Waals surface area contributed by atoms with Gasteiger partial charge in [-0.1, -0.05) is 18.2 Å². The van der Waals surface area contributed by atoms with Gasteiger partial charge in [-0.3, -0.25) is 4.79 Å². The molecule has 1 aliphatic heterocycles. The zero-order valence-corrected chi connectivity index (χ0v) is 14.4. The molecule has 0 N–H and O–H groups in total. The number of likely N-dealkylation sites (tertiary alicyclic amines) is 1. The Balaban J connectivity index is 2.09. The number of methoxy groups -OCH3 is 2. The summed E-state index contributed by atoms with van der Waals surface area (Å²) in [6, 6.07) is 7.62. The third kappa shape index (κ3) is 4.69.